The van der Waals surface area contributed by atoms with Gasteiger partial charge in [0, 0.05) is 13.1 Å². The lowest BCUT2D eigenvalue weighted by Gasteiger charge is -2.33. The van der Waals surface area contributed by atoms with Gasteiger partial charge in [0.15, 0.2) is 0 Å². The Bertz CT molecular complexity index is 671. The van der Waals surface area contributed by atoms with Crippen molar-refractivity contribution in [2.24, 2.45) is 0 Å². The maximum absolute atomic E-state index is 12.7. The van der Waals surface area contributed by atoms with Crippen molar-refractivity contribution in [3.63, 3.8) is 0 Å². The molecule has 7 nitrogen and oxygen atoms in total. The van der Waals surface area contributed by atoms with E-state index in [-0.39, 0.29) is 29.5 Å². The summed E-state index contributed by atoms with van der Waals surface area (Å²) in [6.45, 7) is 2.05. The molecule has 1 saturated heterocycles. The van der Waals surface area contributed by atoms with Gasteiger partial charge in [-0.1, -0.05) is 19.1 Å². The van der Waals surface area contributed by atoms with E-state index in [4.69, 9.17) is 5.11 Å². The minimum atomic E-state index is -4.04. The van der Waals surface area contributed by atoms with E-state index in [9.17, 15) is 18.0 Å². The molecule has 1 unspecified atom stereocenters. The summed E-state index contributed by atoms with van der Waals surface area (Å²) in [5.41, 5.74) is -0.293. The van der Waals surface area contributed by atoms with Crippen molar-refractivity contribution in [2.75, 3.05) is 13.1 Å². The molecule has 0 bridgehead atoms. The van der Waals surface area contributed by atoms with Crippen molar-refractivity contribution >= 4 is 21.9 Å². The Labute approximate surface area is 122 Å². The molecule has 2 N–H and O–H groups in total. The first-order valence-electron chi connectivity index (χ1n) is 6.51. The highest BCUT2D eigenvalue weighted by atomic mass is 32.2. The predicted octanol–water partition coefficient (Wildman–Crippen LogP) is 0.284. The number of amides is 1. The lowest BCUT2D eigenvalue weighted by molar-refractivity contribution is -0.126. The quantitative estimate of drug-likeness (QED) is 0.831. The van der Waals surface area contributed by atoms with Crippen molar-refractivity contribution in [3.8, 4) is 0 Å². The van der Waals surface area contributed by atoms with Crippen molar-refractivity contribution in [1.82, 2.24) is 9.62 Å². The highest BCUT2D eigenvalue weighted by Gasteiger charge is 2.38. The standard InChI is InChI=1S/C13H16N2O5S/c1-2-10-12(16)14-7-8-15(10)21(19,20)11-6-4-3-5-9(11)13(17)18/h3-6,10H,2,7-8H2,1H3,(H,14,16)(H,17,18). The van der Waals surface area contributed by atoms with E-state index < -0.39 is 22.0 Å². The first-order valence-corrected chi connectivity index (χ1v) is 7.95. The molecule has 1 atom stereocenters. The summed E-state index contributed by atoms with van der Waals surface area (Å²) in [5, 5.41) is 11.8. The molecule has 0 spiro atoms. The van der Waals surface area contributed by atoms with Crippen LogP contribution in [0.15, 0.2) is 29.2 Å². The molecule has 1 fully saturated rings. The first-order chi connectivity index (χ1) is 9.89. The van der Waals surface area contributed by atoms with Gasteiger partial charge in [-0.25, -0.2) is 13.2 Å². The molecule has 21 heavy (non-hydrogen) atoms. The van der Waals surface area contributed by atoms with E-state index in [1.807, 2.05) is 0 Å². The van der Waals surface area contributed by atoms with Gasteiger partial charge in [-0.3, -0.25) is 4.79 Å². The summed E-state index contributed by atoms with van der Waals surface area (Å²) < 4.78 is 26.5. The summed E-state index contributed by atoms with van der Waals surface area (Å²) in [7, 11) is -4.04. The van der Waals surface area contributed by atoms with Crippen molar-refractivity contribution in [1.29, 1.82) is 0 Å². The van der Waals surface area contributed by atoms with Crippen LogP contribution in [0, 0.1) is 0 Å². The highest BCUT2D eigenvalue weighted by molar-refractivity contribution is 7.89. The van der Waals surface area contributed by atoms with E-state index in [2.05, 4.69) is 5.32 Å². The number of sulfonamides is 1. The number of nitrogens with one attached hydrogen (secondary N) is 1. The summed E-state index contributed by atoms with van der Waals surface area (Å²) in [6, 6.07) is 4.59. The number of carbonyl (C=O) groups is 2. The Balaban J connectivity index is 2.51. The SMILES string of the molecule is CCC1C(=O)NCCN1S(=O)(=O)c1ccccc1C(=O)O. The monoisotopic (exact) mass is 312 g/mol. The van der Waals surface area contributed by atoms with Gasteiger partial charge in [-0.2, -0.15) is 4.31 Å². The zero-order valence-electron chi connectivity index (χ0n) is 11.4. The number of nitrogens with zero attached hydrogens (tertiary/aromatic N) is 1. The van der Waals surface area contributed by atoms with E-state index >= 15 is 0 Å². The Morgan fingerprint density at radius 3 is 2.71 bits per heavy atom. The highest BCUT2D eigenvalue weighted by Crippen LogP contribution is 2.24. The van der Waals surface area contributed by atoms with Gasteiger partial charge in [0.2, 0.25) is 15.9 Å². The van der Waals surface area contributed by atoms with Crippen molar-refractivity contribution in [2.45, 2.75) is 24.3 Å². The Hall–Kier alpha value is -1.93. The third kappa shape index (κ3) is 2.77. The summed E-state index contributed by atoms with van der Waals surface area (Å²) in [5.74, 6) is -1.68. The Morgan fingerprint density at radius 1 is 1.43 bits per heavy atom. The fraction of sp³-hybridized carbons (Fsp3) is 0.385. The fourth-order valence-corrected chi connectivity index (χ4v) is 4.21. The van der Waals surface area contributed by atoms with Gasteiger partial charge < -0.3 is 10.4 Å². The molecular weight excluding hydrogens is 296 g/mol. The van der Waals surface area contributed by atoms with Crippen LogP contribution in [0.2, 0.25) is 0 Å². The zero-order chi connectivity index (χ0) is 15.6. The van der Waals surface area contributed by atoms with Crippen LogP contribution in [-0.4, -0.2) is 48.8 Å². The molecule has 1 aromatic rings. The summed E-state index contributed by atoms with van der Waals surface area (Å²) >= 11 is 0. The molecule has 114 valence electrons. The molecule has 1 aromatic carbocycles. The third-order valence-corrected chi connectivity index (χ3v) is 5.34. The maximum Gasteiger partial charge on any atom is 0.337 e. The average molecular weight is 312 g/mol. The molecule has 8 heteroatoms. The largest absolute Gasteiger partial charge is 0.478 e. The zero-order valence-corrected chi connectivity index (χ0v) is 12.3. The van der Waals surface area contributed by atoms with Gasteiger partial charge in [0.25, 0.3) is 0 Å². The maximum atomic E-state index is 12.7. The van der Waals surface area contributed by atoms with Gasteiger partial charge in [0.1, 0.15) is 6.04 Å². The number of hydrogen-bond acceptors (Lipinski definition) is 4. The van der Waals surface area contributed by atoms with E-state index in [1.165, 1.54) is 24.3 Å². The molecular formula is C13H16N2O5S. The molecule has 1 aliphatic rings. The number of carbonyl (C=O) groups excluding carboxylic acids is 1. The number of piperazine rings is 1. The van der Waals surface area contributed by atoms with Crippen LogP contribution in [0.25, 0.3) is 0 Å². The molecule has 0 saturated carbocycles. The Morgan fingerprint density at radius 2 is 2.10 bits per heavy atom. The van der Waals surface area contributed by atoms with Crippen LogP contribution in [0.4, 0.5) is 0 Å². The predicted molar refractivity (Wildman–Crippen MR) is 74.4 cm³/mol. The number of aromatic carboxylic acids is 1. The van der Waals surface area contributed by atoms with Crippen molar-refractivity contribution < 1.29 is 23.1 Å². The van der Waals surface area contributed by atoms with Gasteiger partial charge >= 0.3 is 5.97 Å². The lowest BCUT2D eigenvalue weighted by atomic mass is 10.2. The van der Waals surface area contributed by atoms with Crippen LogP contribution < -0.4 is 5.32 Å². The van der Waals surface area contributed by atoms with Crippen molar-refractivity contribution in [3.05, 3.63) is 29.8 Å². The molecule has 0 radical (unpaired) electrons. The van der Waals surface area contributed by atoms with Crippen LogP contribution in [-0.2, 0) is 14.8 Å². The fourth-order valence-electron chi connectivity index (χ4n) is 2.37. The van der Waals surface area contributed by atoms with Gasteiger partial charge in [-0.05, 0) is 18.6 Å². The van der Waals surface area contributed by atoms with E-state index in [0.29, 0.717) is 6.42 Å². The Kier molecular flexibility index (Phi) is 4.29. The number of carboxylic acids is 1. The summed E-state index contributed by atoms with van der Waals surface area (Å²) in [6.07, 6.45) is 0.320. The molecule has 1 amide bonds. The molecule has 2 rings (SSSR count). The number of benzene rings is 1. The molecule has 0 aliphatic carbocycles. The second-order valence-corrected chi connectivity index (χ2v) is 6.49. The minimum Gasteiger partial charge on any atom is -0.478 e. The molecule has 1 aliphatic heterocycles. The van der Waals surface area contributed by atoms with Crippen LogP contribution in [0.3, 0.4) is 0 Å². The average Bonchev–Trinajstić information content (AvgIpc) is 2.46. The van der Waals surface area contributed by atoms with Gasteiger partial charge in [0.05, 0.1) is 10.5 Å². The van der Waals surface area contributed by atoms with Crippen LogP contribution in [0.5, 0.6) is 0 Å². The minimum absolute atomic E-state index is 0.126. The van der Waals surface area contributed by atoms with Gasteiger partial charge in [-0.15, -0.1) is 0 Å². The smallest absolute Gasteiger partial charge is 0.337 e. The lowest BCUT2D eigenvalue weighted by Crippen LogP contribution is -2.56. The third-order valence-electron chi connectivity index (χ3n) is 3.37. The van der Waals surface area contributed by atoms with Crippen LogP contribution >= 0.6 is 0 Å². The second-order valence-electron chi connectivity index (χ2n) is 4.63. The normalized spacial score (nSPS) is 20.0. The van der Waals surface area contributed by atoms with Crippen LogP contribution in [0.1, 0.15) is 23.7 Å². The van der Waals surface area contributed by atoms with E-state index in [1.54, 1.807) is 6.92 Å². The second kappa shape index (κ2) is 5.82. The number of rotatable bonds is 4. The van der Waals surface area contributed by atoms with E-state index in [0.717, 1.165) is 4.31 Å². The molecule has 0 aromatic heterocycles. The summed E-state index contributed by atoms with van der Waals surface area (Å²) in [4.78, 5) is 22.7. The number of carboxylic acid groups (broad SMARTS) is 1. The molecule has 1 heterocycles. The number of hydrogen-bond donors (Lipinski definition) is 2. The first kappa shape index (κ1) is 15.5. The topological polar surface area (TPSA) is 104 Å².